The summed E-state index contributed by atoms with van der Waals surface area (Å²) in [7, 11) is 1.49. The molecule has 0 bridgehead atoms. The zero-order chi connectivity index (χ0) is 23.6. The van der Waals surface area contributed by atoms with E-state index in [2.05, 4.69) is 0 Å². The third kappa shape index (κ3) is 4.44. The molecule has 2 aromatic carbocycles. The monoisotopic (exact) mass is 438 g/mol. The van der Waals surface area contributed by atoms with Crippen molar-refractivity contribution in [1.29, 1.82) is 0 Å². The van der Waals surface area contributed by atoms with Crippen LogP contribution in [0.3, 0.4) is 0 Å². The normalized spacial score (nSPS) is 15.6. The predicted octanol–water partition coefficient (Wildman–Crippen LogP) is 5.35. The lowest BCUT2D eigenvalue weighted by molar-refractivity contribution is 0.0889. The molecule has 0 saturated carbocycles. The molecule has 0 amide bonds. The molecule has 0 aliphatic carbocycles. The molecule has 0 saturated heterocycles. The molecule has 32 heavy (non-hydrogen) atoms. The van der Waals surface area contributed by atoms with Gasteiger partial charge in [-0.25, -0.2) is 0 Å². The molecule has 1 aliphatic heterocycles. The Balaban J connectivity index is 2.10. The summed E-state index contributed by atoms with van der Waals surface area (Å²) in [5.74, 6) is -0.614. The first-order valence-electron chi connectivity index (χ1n) is 10.6. The molecule has 2 aromatic rings. The van der Waals surface area contributed by atoms with Crippen molar-refractivity contribution in [3.8, 4) is 28.7 Å². The fourth-order valence-corrected chi connectivity index (χ4v) is 3.74. The number of phenolic OH excluding ortho intramolecular Hbond substituents is 3. The number of fused-ring (bicyclic) bond motifs is 1. The van der Waals surface area contributed by atoms with Gasteiger partial charge in [0.1, 0.15) is 40.9 Å². The van der Waals surface area contributed by atoms with Crippen molar-refractivity contribution < 1.29 is 29.6 Å². The van der Waals surface area contributed by atoms with E-state index in [0.29, 0.717) is 16.9 Å². The van der Waals surface area contributed by atoms with Gasteiger partial charge >= 0.3 is 0 Å². The number of ketones is 1. The van der Waals surface area contributed by atoms with E-state index < -0.39 is 5.92 Å². The molecule has 0 spiro atoms. The van der Waals surface area contributed by atoms with Gasteiger partial charge in [-0.2, -0.15) is 0 Å². The van der Waals surface area contributed by atoms with E-state index in [1.54, 1.807) is 12.1 Å². The molecule has 0 aromatic heterocycles. The number of benzene rings is 2. The van der Waals surface area contributed by atoms with Gasteiger partial charge in [0.05, 0.1) is 18.6 Å². The number of methoxy groups -OCH3 is 1. The Kier molecular flexibility index (Phi) is 6.82. The predicted molar refractivity (Wildman–Crippen MR) is 124 cm³/mol. The van der Waals surface area contributed by atoms with Crippen LogP contribution < -0.4 is 9.47 Å². The molecule has 0 radical (unpaired) electrons. The smallest absolute Gasteiger partial charge is 0.181 e. The fraction of sp³-hybridized carbons (Fsp3) is 0.346. The van der Waals surface area contributed by atoms with Gasteiger partial charge in [-0.1, -0.05) is 43.7 Å². The molecule has 3 N–H and O–H groups in total. The van der Waals surface area contributed by atoms with E-state index >= 15 is 0 Å². The van der Waals surface area contributed by atoms with Crippen LogP contribution in [-0.2, 0) is 6.42 Å². The van der Waals surface area contributed by atoms with Crippen LogP contribution in [0.5, 0.6) is 28.7 Å². The van der Waals surface area contributed by atoms with Gasteiger partial charge in [-0.05, 0) is 32.3 Å². The lowest BCUT2D eigenvalue weighted by Crippen LogP contribution is -2.27. The van der Waals surface area contributed by atoms with Gasteiger partial charge < -0.3 is 24.8 Å². The number of carbonyl (C=O) groups excluding carboxylic acids is 1. The molecular weight excluding hydrogens is 408 g/mol. The number of ether oxygens (including phenoxy) is 2. The molecule has 1 unspecified atom stereocenters. The van der Waals surface area contributed by atoms with Crippen LogP contribution in [0, 0.1) is 5.92 Å². The second-order valence-corrected chi connectivity index (χ2v) is 8.53. The molecule has 3 rings (SSSR count). The van der Waals surface area contributed by atoms with Crippen LogP contribution in [0.25, 0.3) is 6.08 Å². The van der Waals surface area contributed by atoms with Gasteiger partial charge in [-0.15, -0.1) is 0 Å². The first-order chi connectivity index (χ1) is 15.1. The second kappa shape index (κ2) is 9.39. The summed E-state index contributed by atoms with van der Waals surface area (Å²) < 4.78 is 11.4. The highest BCUT2D eigenvalue weighted by Crippen LogP contribution is 2.46. The highest BCUT2D eigenvalue weighted by atomic mass is 16.5. The van der Waals surface area contributed by atoms with Crippen molar-refractivity contribution in [1.82, 2.24) is 0 Å². The van der Waals surface area contributed by atoms with Crippen LogP contribution in [0.2, 0.25) is 0 Å². The van der Waals surface area contributed by atoms with Gasteiger partial charge in [0, 0.05) is 17.2 Å². The van der Waals surface area contributed by atoms with Crippen molar-refractivity contribution in [2.24, 2.45) is 5.92 Å². The number of aromatic hydroxyl groups is 3. The van der Waals surface area contributed by atoms with E-state index in [1.165, 1.54) is 19.2 Å². The number of hydrogen-bond acceptors (Lipinski definition) is 6. The number of phenols is 3. The minimum Gasteiger partial charge on any atom is -0.507 e. The van der Waals surface area contributed by atoms with Crippen molar-refractivity contribution in [3.63, 3.8) is 0 Å². The van der Waals surface area contributed by atoms with Crippen LogP contribution >= 0.6 is 0 Å². The summed E-state index contributed by atoms with van der Waals surface area (Å²) in [6, 6.07) is 4.54. The number of hydrogen-bond donors (Lipinski definition) is 3. The van der Waals surface area contributed by atoms with Gasteiger partial charge in [0.15, 0.2) is 5.78 Å². The molecule has 0 fully saturated rings. The summed E-state index contributed by atoms with van der Waals surface area (Å²) >= 11 is 0. The van der Waals surface area contributed by atoms with Crippen LogP contribution in [-0.4, -0.2) is 34.8 Å². The van der Waals surface area contributed by atoms with Crippen LogP contribution in [0.1, 0.15) is 60.7 Å². The number of Topliss-reactive ketones (excluding diaryl/α,β-unsaturated/α-hetero) is 1. The Bertz CT molecular complexity index is 1090. The maximum atomic E-state index is 13.5. The van der Waals surface area contributed by atoms with E-state index in [0.717, 1.165) is 5.57 Å². The molecular formula is C26H30O6. The Hall–Kier alpha value is -3.41. The third-order valence-electron chi connectivity index (χ3n) is 5.46. The minimum absolute atomic E-state index is 0.0203. The van der Waals surface area contributed by atoms with E-state index in [4.69, 9.17) is 9.47 Å². The second-order valence-electron chi connectivity index (χ2n) is 8.53. The number of allylic oxidation sites excluding steroid dienone is 3. The molecule has 1 atom stereocenters. The molecule has 1 aliphatic rings. The Morgan fingerprint density at radius 2 is 1.94 bits per heavy atom. The third-order valence-corrected chi connectivity index (χ3v) is 5.46. The summed E-state index contributed by atoms with van der Waals surface area (Å²) in [6.07, 6.45) is 5.86. The Morgan fingerprint density at radius 1 is 1.22 bits per heavy atom. The quantitative estimate of drug-likeness (QED) is 0.526. The summed E-state index contributed by atoms with van der Waals surface area (Å²) in [5, 5.41) is 31.6. The fourth-order valence-electron chi connectivity index (χ4n) is 3.74. The zero-order valence-corrected chi connectivity index (χ0v) is 19.1. The van der Waals surface area contributed by atoms with Crippen molar-refractivity contribution in [3.05, 3.63) is 58.2 Å². The molecule has 1 heterocycles. The summed E-state index contributed by atoms with van der Waals surface area (Å²) in [6.45, 7) is 7.89. The van der Waals surface area contributed by atoms with Gasteiger partial charge in [0.2, 0.25) is 0 Å². The lowest BCUT2D eigenvalue weighted by Gasteiger charge is -2.27. The van der Waals surface area contributed by atoms with Crippen molar-refractivity contribution in [2.75, 3.05) is 13.7 Å². The average molecular weight is 439 g/mol. The van der Waals surface area contributed by atoms with Crippen LogP contribution in [0.15, 0.2) is 35.9 Å². The first-order valence-corrected chi connectivity index (χ1v) is 10.6. The standard InChI is InChI=1S/C26H30O6/c1-14(2)6-8-17-21(28)12-22-23(24(17)29)25(30)19(13-32-22)16-10-11-20(27)18(26(16)31-5)9-7-15(3)4/h6-7,9-12,15,19,27-29H,8,13H2,1-5H3. The highest BCUT2D eigenvalue weighted by Gasteiger charge is 2.36. The Labute approximate surface area is 188 Å². The maximum absolute atomic E-state index is 13.5. The van der Waals surface area contributed by atoms with E-state index in [1.807, 2.05) is 39.8 Å². The van der Waals surface area contributed by atoms with Crippen molar-refractivity contribution >= 4 is 11.9 Å². The zero-order valence-electron chi connectivity index (χ0n) is 19.1. The van der Waals surface area contributed by atoms with E-state index in [-0.39, 0.29) is 58.9 Å². The molecule has 6 nitrogen and oxygen atoms in total. The topological polar surface area (TPSA) is 96.2 Å². The molecule has 6 heteroatoms. The van der Waals surface area contributed by atoms with Gasteiger partial charge in [-0.3, -0.25) is 4.79 Å². The van der Waals surface area contributed by atoms with Crippen LogP contribution in [0.4, 0.5) is 0 Å². The number of carbonyl (C=O) groups is 1. The SMILES string of the molecule is COc1c(C2COc3cc(O)c(CC=C(C)C)c(O)c3C2=O)ccc(O)c1C=CC(C)C. The van der Waals surface area contributed by atoms with Crippen molar-refractivity contribution in [2.45, 2.75) is 40.0 Å². The average Bonchev–Trinajstić information content (AvgIpc) is 2.72. The lowest BCUT2D eigenvalue weighted by atomic mass is 9.85. The Morgan fingerprint density at radius 3 is 2.56 bits per heavy atom. The maximum Gasteiger partial charge on any atom is 0.181 e. The first kappa shape index (κ1) is 23.3. The van der Waals surface area contributed by atoms with E-state index in [9.17, 15) is 20.1 Å². The number of rotatable bonds is 6. The van der Waals surface area contributed by atoms with Gasteiger partial charge in [0.25, 0.3) is 0 Å². The largest absolute Gasteiger partial charge is 0.507 e. The molecule has 170 valence electrons. The summed E-state index contributed by atoms with van der Waals surface area (Å²) in [5.41, 5.74) is 2.39. The summed E-state index contributed by atoms with van der Waals surface area (Å²) in [4.78, 5) is 13.5. The highest BCUT2D eigenvalue weighted by molar-refractivity contribution is 6.07. The minimum atomic E-state index is -0.740.